The van der Waals surface area contributed by atoms with Crippen molar-refractivity contribution in [2.24, 2.45) is 0 Å². The van der Waals surface area contributed by atoms with E-state index in [1.54, 1.807) is 4.90 Å². The van der Waals surface area contributed by atoms with Crippen LogP contribution in [-0.2, 0) is 9.59 Å². The summed E-state index contributed by atoms with van der Waals surface area (Å²) in [5.41, 5.74) is 0. The van der Waals surface area contributed by atoms with Gasteiger partial charge in [0, 0.05) is 44.3 Å². The molecule has 1 saturated heterocycles. The molecule has 3 fully saturated rings. The first kappa shape index (κ1) is 14.4. The number of anilines is 1. The summed E-state index contributed by atoms with van der Waals surface area (Å²) in [5, 5.41) is 2.76. The Morgan fingerprint density at radius 1 is 1.09 bits per heavy atom. The molecule has 3 aliphatic rings. The minimum Gasteiger partial charge on any atom is -0.353 e. The van der Waals surface area contributed by atoms with Crippen LogP contribution in [0, 0.1) is 0 Å². The maximum absolute atomic E-state index is 12.1. The van der Waals surface area contributed by atoms with Gasteiger partial charge < -0.3 is 15.1 Å². The predicted molar refractivity (Wildman–Crippen MR) is 84.0 cm³/mol. The Bertz CT molecular complexity index is 619. The fraction of sp³-hybridized carbons (Fsp3) is 0.625. The van der Waals surface area contributed by atoms with Crippen molar-refractivity contribution in [3.05, 3.63) is 18.1 Å². The summed E-state index contributed by atoms with van der Waals surface area (Å²) in [6.07, 6.45) is 6.16. The summed E-state index contributed by atoms with van der Waals surface area (Å²) in [6, 6.07) is 2.14. The van der Waals surface area contributed by atoms with E-state index in [0.29, 0.717) is 32.1 Å². The number of carbonyl (C=O) groups is 2. The van der Waals surface area contributed by atoms with Gasteiger partial charge in [0.15, 0.2) is 0 Å². The summed E-state index contributed by atoms with van der Waals surface area (Å²) in [5.74, 6) is 1.53. The SMILES string of the molecule is O=C(NC1CC1)C(=O)N1CCN(c2ccnc(C3CC3)n2)CC1. The van der Waals surface area contributed by atoms with E-state index in [2.05, 4.69) is 20.2 Å². The Morgan fingerprint density at radius 2 is 1.83 bits per heavy atom. The standard InChI is InChI=1S/C16H21N5O2/c22-15(18-12-3-4-12)16(23)21-9-7-20(8-10-21)13-5-6-17-14(19-13)11-1-2-11/h5-6,11-12H,1-4,7-10H2,(H,18,22). The zero-order valence-electron chi connectivity index (χ0n) is 13.1. The monoisotopic (exact) mass is 315 g/mol. The Balaban J connectivity index is 1.34. The topological polar surface area (TPSA) is 78.4 Å². The van der Waals surface area contributed by atoms with Crippen molar-refractivity contribution >= 4 is 17.6 Å². The molecular weight excluding hydrogens is 294 g/mol. The molecule has 0 spiro atoms. The molecule has 2 aliphatic carbocycles. The molecule has 2 saturated carbocycles. The first-order valence-electron chi connectivity index (χ1n) is 8.38. The molecule has 1 aromatic rings. The number of piperazine rings is 1. The fourth-order valence-corrected chi connectivity index (χ4v) is 2.84. The minimum atomic E-state index is -0.459. The van der Waals surface area contributed by atoms with E-state index in [9.17, 15) is 9.59 Å². The quantitative estimate of drug-likeness (QED) is 0.811. The molecule has 1 aromatic heterocycles. The molecule has 7 nitrogen and oxygen atoms in total. The largest absolute Gasteiger partial charge is 0.353 e. The number of nitrogens with zero attached hydrogens (tertiary/aromatic N) is 4. The van der Waals surface area contributed by atoms with Crippen molar-refractivity contribution < 1.29 is 9.59 Å². The molecule has 122 valence electrons. The Morgan fingerprint density at radius 3 is 2.48 bits per heavy atom. The number of nitrogens with one attached hydrogen (secondary N) is 1. The van der Waals surface area contributed by atoms with Crippen molar-refractivity contribution in [1.82, 2.24) is 20.2 Å². The molecule has 7 heteroatoms. The Hall–Kier alpha value is -2.18. The summed E-state index contributed by atoms with van der Waals surface area (Å²) in [6.45, 7) is 2.51. The van der Waals surface area contributed by atoms with Crippen LogP contribution in [0.1, 0.15) is 37.4 Å². The first-order chi connectivity index (χ1) is 11.2. The molecule has 0 radical (unpaired) electrons. The number of aromatic nitrogens is 2. The minimum absolute atomic E-state index is 0.217. The van der Waals surface area contributed by atoms with E-state index in [4.69, 9.17) is 0 Å². The third kappa shape index (κ3) is 3.28. The predicted octanol–water partition coefficient (Wildman–Crippen LogP) is 0.281. The maximum Gasteiger partial charge on any atom is 0.312 e. The third-order valence-electron chi connectivity index (χ3n) is 4.60. The molecule has 0 bridgehead atoms. The van der Waals surface area contributed by atoms with E-state index in [0.717, 1.165) is 24.5 Å². The van der Waals surface area contributed by atoms with Crippen LogP contribution in [-0.4, -0.2) is 58.9 Å². The van der Waals surface area contributed by atoms with Crippen LogP contribution in [0.15, 0.2) is 12.3 Å². The summed E-state index contributed by atoms with van der Waals surface area (Å²) >= 11 is 0. The number of amides is 2. The summed E-state index contributed by atoms with van der Waals surface area (Å²) in [7, 11) is 0. The van der Waals surface area contributed by atoms with Gasteiger partial charge in [-0.15, -0.1) is 0 Å². The third-order valence-corrected chi connectivity index (χ3v) is 4.60. The molecule has 1 aliphatic heterocycles. The van der Waals surface area contributed by atoms with E-state index in [-0.39, 0.29) is 6.04 Å². The van der Waals surface area contributed by atoms with E-state index >= 15 is 0 Å². The van der Waals surface area contributed by atoms with Gasteiger partial charge in [0.05, 0.1) is 0 Å². The lowest BCUT2D eigenvalue weighted by Crippen LogP contribution is -2.53. The highest BCUT2D eigenvalue weighted by Gasteiger charge is 2.31. The fourth-order valence-electron chi connectivity index (χ4n) is 2.84. The first-order valence-corrected chi connectivity index (χ1v) is 8.38. The van der Waals surface area contributed by atoms with Gasteiger partial charge in [-0.2, -0.15) is 0 Å². The average molecular weight is 315 g/mol. The molecule has 0 unspecified atom stereocenters. The molecule has 1 N–H and O–H groups in total. The second-order valence-corrected chi connectivity index (χ2v) is 6.57. The lowest BCUT2D eigenvalue weighted by Gasteiger charge is -2.35. The summed E-state index contributed by atoms with van der Waals surface area (Å²) < 4.78 is 0. The molecule has 2 heterocycles. The molecule has 23 heavy (non-hydrogen) atoms. The van der Waals surface area contributed by atoms with Crippen LogP contribution in [0.5, 0.6) is 0 Å². The van der Waals surface area contributed by atoms with E-state index in [1.165, 1.54) is 12.8 Å². The highest BCUT2D eigenvalue weighted by Crippen LogP contribution is 2.38. The van der Waals surface area contributed by atoms with Crippen LogP contribution in [0.2, 0.25) is 0 Å². The van der Waals surface area contributed by atoms with Gasteiger partial charge in [-0.3, -0.25) is 9.59 Å². The van der Waals surface area contributed by atoms with E-state index < -0.39 is 11.8 Å². The van der Waals surface area contributed by atoms with Gasteiger partial charge in [-0.1, -0.05) is 0 Å². The van der Waals surface area contributed by atoms with Crippen LogP contribution in [0.25, 0.3) is 0 Å². The van der Waals surface area contributed by atoms with E-state index in [1.807, 2.05) is 12.3 Å². The normalized spacial score (nSPS) is 21.2. The van der Waals surface area contributed by atoms with Crippen molar-refractivity contribution in [3.8, 4) is 0 Å². The Labute approximate surface area is 135 Å². The molecule has 0 aromatic carbocycles. The van der Waals surface area contributed by atoms with Crippen LogP contribution >= 0.6 is 0 Å². The van der Waals surface area contributed by atoms with Crippen LogP contribution < -0.4 is 10.2 Å². The Kier molecular flexibility index (Phi) is 3.63. The maximum atomic E-state index is 12.1. The molecule has 2 amide bonds. The van der Waals surface area contributed by atoms with Crippen molar-refractivity contribution in [1.29, 1.82) is 0 Å². The number of hydrogen-bond donors (Lipinski definition) is 1. The van der Waals surface area contributed by atoms with Crippen LogP contribution in [0.4, 0.5) is 5.82 Å². The van der Waals surface area contributed by atoms with Gasteiger partial charge in [-0.25, -0.2) is 9.97 Å². The van der Waals surface area contributed by atoms with Gasteiger partial charge >= 0.3 is 11.8 Å². The highest BCUT2D eigenvalue weighted by molar-refractivity contribution is 6.35. The van der Waals surface area contributed by atoms with Crippen molar-refractivity contribution in [2.45, 2.75) is 37.6 Å². The zero-order chi connectivity index (χ0) is 15.8. The molecular formula is C16H21N5O2. The molecule has 0 atom stereocenters. The van der Waals surface area contributed by atoms with Gasteiger partial charge in [0.25, 0.3) is 0 Å². The average Bonchev–Trinajstić information content (AvgIpc) is 3.48. The van der Waals surface area contributed by atoms with Crippen LogP contribution in [0.3, 0.4) is 0 Å². The summed E-state index contributed by atoms with van der Waals surface area (Å²) in [4.78, 5) is 36.7. The lowest BCUT2D eigenvalue weighted by atomic mass is 10.3. The van der Waals surface area contributed by atoms with Gasteiger partial charge in [-0.05, 0) is 31.7 Å². The second-order valence-electron chi connectivity index (χ2n) is 6.57. The van der Waals surface area contributed by atoms with Crippen molar-refractivity contribution in [2.75, 3.05) is 31.1 Å². The number of rotatable bonds is 3. The van der Waals surface area contributed by atoms with Gasteiger partial charge in [0.1, 0.15) is 11.6 Å². The smallest absolute Gasteiger partial charge is 0.312 e. The van der Waals surface area contributed by atoms with Gasteiger partial charge in [0.2, 0.25) is 0 Å². The van der Waals surface area contributed by atoms with Crippen molar-refractivity contribution in [3.63, 3.8) is 0 Å². The molecule has 4 rings (SSSR count). The second kappa shape index (κ2) is 5.79. The zero-order valence-corrected chi connectivity index (χ0v) is 13.1. The lowest BCUT2D eigenvalue weighted by molar-refractivity contribution is -0.146. The number of carbonyl (C=O) groups excluding carboxylic acids is 2. The highest BCUT2D eigenvalue weighted by atomic mass is 16.2. The number of hydrogen-bond acceptors (Lipinski definition) is 5.